The summed E-state index contributed by atoms with van der Waals surface area (Å²) in [6, 6.07) is 0. The van der Waals surface area contributed by atoms with Crippen LogP contribution in [0.5, 0.6) is 0 Å². The van der Waals surface area contributed by atoms with Gasteiger partial charge in [0, 0.05) is 6.54 Å². The van der Waals surface area contributed by atoms with Crippen LogP contribution in [0.15, 0.2) is 0 Å². The SMILES string of the molecule is S=C1CCCCN1CS. The molecule has 0 aromatic carbocycles. The van der Waals surface area contributed by atoms with Gasteiger partial charge in [0.15, 0.2) is 0 Å². The number of nitrogens with zero attached hydrogens (tertiary/aromatic N) is 1. The molecule has 1 saturated heterocycles. The van der Waals surface area contributed by atoms with Crippen LogP contribution in [0.1, 0.15) is 19.3 Å². The lowest BCUT2D eigenvalue weighted by atomic mass is 10.1. The maximum absolute atomic E-state index is 5.10. The summed E-state index contributed by atoms with van der Waals surface area (Å²) in [5.41, 5.74) is 0. The van der Waals surface area contributed by atoms with E-state index in [2.05, 4.69) is 17.5 Å². The van der Waals surface area contributed by atoms with Crippen molar-refractivity contribution in [2.24, 2.45) is 0 Å². The fraction of sp³-hybridized carbons (Fsp3) is 0.833. The number of hydrogen-bond donors (Lipinski definition) is 1. The van der Waals surface area contributed by atoms with Crippen molar-refractivity contribution in [1.82, 2.24) is 4.90 Å². The van der Waals surface area contributed by atoms with Crippen molar-refractivity contribution in [1.29, 1.82) is 0 Å². The van der Waals surface area contributed by atoms with Crippen LogP contribution in [0, 0.1) is 0 Å². The standard InChI is InChI=1S/C6H11NS2/c8-5-7-4-2-1-3-6(7)9/h8H,1-5H2. The predicted molar refractivity (Wildman–Crippen MR) is 47.0 cm³/mol. The molecule has 0 N–H and O–H groups in total. The summed E-state index contributed by atoms with van der Waals surface area (Å²) < 4.78 is 0. The first-order chi connectivity index (χ1) is 4.34. The molecule has 52 valence electrons. The maximum Gasteiger partial charge on any atom is 0.0786 e. The first-order valence-electron chi connectivity index (χ1n) is 3.23. The lowest BCUT2D eigenvalue weighted by molar-refractivity contribution is 0.432. The van der Waals surface area contributed by atoms with E-state index in [1.165, 1.54) is 12.8 Å². The smallest absolute Gasteiger partial charge is 0.0786 e. The van der Waals surface area contributed by atoms with Crippen LogP contribution in [-0.2, 0) is 0 Å². The van der Waals surface area contributed by atoms with E-state index in [1.807, 2.05) is 0 Å². The van der Waals surface area contributed by atoms with Crippen LogP contribution in [0.2, 0.25) is 0 Å². The van der Waals surface area contributed by atoms with Gasteiger partial charge in [-0.3, -0.25) is 0 Å². The summed E-state index contributed by atoms with van der Waals surface area (Å²) in [5, 5.41) is 0. The minimum absolute atomic E-state index is 0.791. The highest BCUT2D eigenvalue weighted by atomic mass is 32.1. The van der Waals surface area contributed by atoms with Gasteiger partial charge in [-0.1, -0.05) is 12.2 Å². The molecule has 0 bridgehead atoms. The van der Waals surface area contributed by atoms with Gasteiger partial charge in [-0.15, -0.1) is 0 Å². The molecular formula is C6H11NS2. The molecule has 0 aliphatic carbocycles. The first kappa shape index (κ1) is 7.35. The summed E-state index contributed by atoms with van der Waals surface area (Å²) in [6.07, 6.45) is 3.64. The van der Waals surface area contributed by atoms with Crippen LogP contribution in [0.4, 0.5) is 0 Å². The van der Waals surface area contributed by atoms with Crippen LogP contribution < -0.4 is 0 Å². The topological polar surface area (TPSA) is 3.24 Å². The quantitative estimate of drug-likeness (QED) is 0.460. The Balaban J connectivity index is 2.39. The van der Waals surface area contributed by atoms with E-state index in [4.69, 9.17) is 12.2 Å². The number of rotatable bonds is 1. The number of likely N-dealkylation sites (tertiary alicyclic amines) is 1. The molecule has 1 aliphatic rings. The Hall–Kier alpha value is 0.240. The van der Waals surface area contributed by atoms with Crippen LogP contribution in [0.3, 0.4) is 0 Å². The van der Waals surface area contributed by atoms with Gasteiger partial charge in [0.2, 0.25) is 0 Å². The Kier molecular flexibility index (Phi) is 2.79. The van der Waals surface area contributed by atoms with Crippen molar-refractivity contribution >= 4 is 29.8 Å². The average Bonchev–Trinajstić information content (AvgIpc) is 1.89. The molecule has 1 rings (SSSR count). The Morgan fingerprint density at radius 3 is 2.78 bits per heavy atom. The molecule has 0 unspecified atom stereocenters. The molecule has 9 heavy (non-hydrogen) atoms. The van der Waals surface area contributed by atoms with Gasteiger partial charge >= 0.3 is 0 Å². The molecule has 0 amide bonds. The molecule has 1 aliphatic heterocycles. The second kappa shape index (κ2) is 3.42. The molecule has 3 heteroatoms. The van der Waals surface area contributed by atoms with E-state index < -0.39 is 0 Å². The highest BCUT2D eigenvalue weighted by Crippen LogP contribution is 2.11. The molecule has 0 saturated carbocycles. The summed E-state index contributed by atoms with van der Waals surface area (Å²) in [4.78, 5) is 3.25. The van der Waals surface area contributed by atoms with E-state index >= 15 is 0 Å². The highest BCUT2D eigenvalue weighted by Gasteiger charge is 2.11. The van der Waals surface area contributed by atoms with E-state index in [0.29, 0.717) is 0 Å². The fourth-order valence-corrected chi connectivity index (χ4v) is 1.72. The lowest BCUT2D eigenvalue weighted by Gasteiger charge is -2.27. The lowest BCUT2D eigenvalue weighted by Crippen LogP contribution is -2.32. The molecular weight excluding hydrogens is 150 g/mol. The number of piperidine rings is 1. The third kappa shape index (κ3) is 1.83. The third-order valence-electron chi connectivity index (χ3n) is 1.59. The highest BCUT2D eigenvalue weighted by molar-refractivity contribution is 7.81. The Morgan fingerprint density at radius 1 is 1.56 bits per heavy atom. The first-order valence-corrected chi connectivity index (χ1v) is 4.27. The number of thiol groups is 1. The minimum atomic E-state index is 0.791. The van der Waals surface area contributed by atoms with Crippen molar-refractivity contribution in [3.05, 3.63) is 0 Å². The van der Waals surface area contributed by atoms with Gasteiger partial charge in [0.25, 0.3) is 0 Å². The second-order valence-electron chi connectivity index (χ2n) is 2.26. The van der Waals surface area contributed by atoms with Gasteiger partial charge in [0.1, 0.15) is 0 Å². The summed E-state index contributed by atoms with van der Waals surface area (Å²) in [7, 11) is 0. The van der Waals surface area contributed by atoms with Gasteiger partial charge in [-0.25, -0.2) is 0 Å². The van der Waals surface area contributed by atoms with E-state index in [0.717, 1.165) is 23.8 Å². The molecule has 0 radical (unpaired) electrons. The van der Waals surface area contributed by atoms with Gasteiger partial charge in [-0.2, -0.15) is 12.6 Å². The van der Waals surface area contributed by atoms with E-state index in [-0.39, 0.29) is 0 Å². The monoisotopic (exact) mass is 161 g/mol. The Labute approximate surface area is 66.8 Å². The van der Waals surface area contributed by atoms with Gasteiger partial charge < -0.3 is 4.90 Å². The zero-order valence-corrected chi connectivity index (χ0v) is 7.05. The second-order valence-corrected chi connectivity index (χ2v) is 3.01. The average molecular weight is 161 g/mol. The molecule has 1 nitrogen and oxygen atoms in total. The Morgan fingerprint density at radius 2 is 2.33 bits per heavy atom. The van der Waals surface area contributed by atoms with Crippen LogP contribution in [-0.4, -0.2) is 22.3 Å². The Bertz CT molecular complexity index is 114. The molecule has 0 aromatic heterocycles. The van der Waals surface area contributed by atoms with E-state index in [9.17, 15) is 0 Å². The van der Waals surface area contributed by atoms with Gasteiger partial charge in [0.05, 0.1) is 10.9 Å². The maximum atomic E-state index is 5.10. The molecule has 1 heterocycles. The fourth-order valence-electron chi connectivity index (χ4n) is 1.01. The minimum Gasteiger partial charge on any atom is -0.357 e. The third-order valence-corrected chi connectivity index (χ3v) is 2.40. The van der Waals surface area contributed by atoms with Crippen LogP contribution in [0.25, 0.3) is 0 Å². The normalized spacial score (nSPS) is 20.6. The van der Waals surface area contributed by atoms with Crippen LogP contribution >= 0.6 is 24.8 Å². The summed E-state index contributed by atoms with van der Waals surface area (Å²) in [6.45, 7) is 1.11. The van der Waals surface area contributed by atoms with Crippen molar-refractivity contribution < 1.29 is 0 Å². The number of thiocarbonyl (C=S) groups is 1. The zero-order valence-electron chi connectivity index (χ0n) is 5.34. The van der Waals surface area contributed by atoms with Crippen molar-refractivity contribution in [3.8, 4) is 0 Å². The number of hydrogen-bond acceptors (Lipinski definition) is 2. The summed E-state index contributed by atoms with van der Waals surface area (Å²) in [5.74, 6) is 0.791. The van der Waals surface area contributed by atoms with Crippen molar-refractivity contribution in [2.75, 3.05) is 12.4 Å². The zero-order chi connectivity index (χ0) is 6.69. The molecule has 0 spiro atoms. The molecule has 1 fully saturated rings. The molecule has 0 aromatic rings. The van der Waals surface area contributed by atoms with Gasteiger partial charge in [-0.05, 0) is 19.3 Å². The summed E-state index contributed by atoms with van der Waals surface area (Å²) >= 11 is 9.26. The largest absolute Gasteiger partial charge is 0.357 e. The molecule has 0 atom stereocenters. The van der Waals surface area contributed by atoms with Crippen molar-refractivity contribution in [3.63, 3.8) is 0 Å². The predicted octanol–water partition coefficient (Wildman–Crippen LogP) is 1.69. The van der Waals surface area contributed by atoms with E-state index in [1.54, 1.807) is 0 Å². The van der Waals surface area contributed by atoms with Crippen molar-refractivity contribution in [2.45, 2.75) is 19.3 Å².